The molecule has 0 fully saturated rings. The normalized spacial score (nSPS) is 16.5. The van der Waals surface area contributed by atoms with E-state index in [1.54, 1.807) is 26.0 Å². The largest absolute Gasteiger partial charge is 0.443 e. The number of aliphatic hydroxyl groups is 1. The Balaban J connectivity index is 1.62. The van der Waals surface area contributed by atoms with Gasteiger partial charge in [-0.2, -0.15) is 0 Å². The third-order valence-corrected chi connectivity index (χ3v) is 3.86. The number of nitrogens with one attached hydrogen (secondary N) is 1. The Morgan fingerprint density at radius 1 is 1.32 bits per heavy atom. The third kappa shape index (κ3) is 4.50. The summed E-state index contributed by atoms with van der Waals surface area (Å²) >= 11 is 0. The minimum absolute atomic E-state index is 0.154. The lowest BCUT2D eigenvalue weighted by Crippen LogP contribution is -2.31. The zero-order valence-corrected chi connectivity index (χ0v) is 14.3. The molecule has 0 bridgehead atoms. The van der Waals surface area contributed by atoms with Crippen LogP contribution in [0.15, 0.2) is 40.8 Å². The highest BCUT2D eigenvalue weighted by atomic mass is 16.5. The number of carbonyl (C=O) groups is 1. The Morgan fingerprint density at radius 3 is 2.92 bits per heavy atom. The lowest BCUT2D eigenvalue weighted by atomic mass is 9.97. The average Bonchev–Trinajstić information content (AvgIpc) is 3.06. The van der Waals surface area contributed by atoms with Crippen molar-refractivity contribution in [1.29, 1.82) is 0 Å². The first-order valence-electron chi connectivity index (χ1n) is 8.25. The highest BCUT2D eigenvalue weighted by Gasteiger charge is 2.21. The number of amides is 1. The summed E-state index contributed by atoms with van der Waals surface area (Å²) in [5, 5.41) is 12.4. The van der Waals surface area contributed by atoms with Gasteiger partial charge in [-0.15, -0.1) is 0 Å². The van der Waals surface area contributed by atoms with E-state index in [-0.39, 0.29) is 17.8 Å². The monoisotopic (exact) mass is 339 g/mol. The Hall–Kier alpha value is -2.55. The van der Waals surface area contributed by atoms with Gasteiger partial charge in [0.05, 0.1) is 6.61 Å². The van der Waals surface area contributed by atoms with Gasteiger partial charge in [-0.25, -0.2) is 0 Å². The molecule has 5 heteroatoms. The number of hydrogen-bond acceptors (Lipinski definition) is 4. The van der Waals surface area contributed by atoms with Crippen LogP contribution in [0.5, 0.6) is 0 Å². The molecule has 2 N–H and O–H groups in total. The number of carbonyl (C=O) groups excluding carboxylic acids is 1. The lowest BCUT2D eigenvalue weighted by molar-refractivity contribution is 0.0408. The summed E-state index contributed by atoms with van der Waals surface area (Å²) in [5.74, 6) is 5.56. The number of rotatable bonds is 3. The van der Waals surface area contributed by atoms with E-state index in [2.05, 4.69) is 23.2 Å². The van der Waals surface area contributed by atoms with Crippen LogP contribution in [0, 0.1) is 11.8 Å². The van der Waals surface area contributed by atoms with E-state index < -0.39 is 5.60 Å². The fourth-order valence-electron chi connectivity index (χ4n) is 2.66. The molecule has 1 aliphatic heterocycles. The van der Waals surface area contributed by atoms with Crippen molar-refractivity contribution in [2.75, 3.05) is 13.2 Å². The topological polar surface area (TPSA) is 71.7 Å². The van der Waals surface area contributed by atoms with Crippen LogP contribution in [0.4, 0.5) is 0 Å². The molecule has 1 amide bonds. The summed E-state index contributed by atoms with van der Waals surface area (Å²) < 4.78 is 11.2. The van der Waals surface area contributed by atoms with Crippen molar-refractivity contribution in [3.05, 3.63) is 59.0 Å². The van der Waals surface area contributed by atoms with Crippen LogP contribution < -0.4 is 5.32 Å². The standard InChI is InChI=1S/C20H21NO4/c1-20(2,23)11-9-15-7-8-17(25-15)19(22)21-13-18-16-6-4-3-5-14(16)10-12-24-18/h3-8,18,23H,10,12-13H2,1-2H3,(H,21,22). The van der Waals surface area contributed by atoms with E-state index in [1.165, 1.54) is 5.56 Å². The van der Waals surface area contributed by atoms with Gasteiger partial charge in [-0.3, -0.25) is 4.79 Å². The van der Waals surface area contributed by atoms with Gasteiger partial charge in [0, 0.05) is 6.54 Å². The molecule has 1 atom stereocenters. The second-order valence-electron chi connectivity index (χ2n) is 6.49. The van der Waals surface area contributed by atoms with Crippen LogP contribution >= 0.6 is 0 Å². The highest BCUT2D eigenvalue weighted by Crippen LogP contribution is 2.26. The smallest absolute Gasteiger partial charge is 0.287 e. The third-order valence-electron chi connectivity index (χ3n) is 3.86. The maximum atomic E-state index is 12.3. The molecule has 0 saturated carbocycles. The lowest BCUT2D eigenvalue weighted by Gasteiger charge is -2.26. The molecule has 0 radical (unpaired) electrons. The quantitative estimate of drug-likeness (QED) is 0.843. The molecule has 1 aromatic carbocycles. The SMILES string of the molecule is CC(C)(O)C#Cc1ccc(C(=O)NCC2OCCc3ccccc32)o1. The summed E-state index contributed by atoms with van der Waals surface area (Å²) in [5.41, 5.74) is 1.27. The maximum absolute atomic E-state index is 12.3. The van der Waals surface area contributed by atoms with Crippen molar-refractivity contribution >= 4 is 5.91 Å². The molecule has 0 aliphatic carbocycles. The summed E-state index contributed by atoms with van der Waals surface area (Å²) in [7, 11) is 0. The summed E-state index contributed by atoms with van der Waals surface area (Å²) in [6, 6.07) is 11.3. The molecule has 2 aromatic rings. The van der Waals surface area contributed by atoms with Gasteiger partial charge in [0.2, 0.25) is 0 Å². The molecule has 5 nitrogen and oxygen atoms in total. The van der Waals surface area contributed by atoms with Crippen LogP contribution in [-0.2, 0) is 11.2 Å². The van der Waals surface area contributed by atoms with Gasteiger partial charge < -0.3 is 19.6 Å². The minimum Gasteiger partial charge on any atom is -0.443 e. The van der Waals surface area contributed by atoms with Crippen molar-refractivity contribution in [2.45, 2.75) is 32.0 Å². The first kappa shape index (κ1) is 17.3. The Kier molecular flexibility index (Phi) is 4.93. The van der Waals surface area contributed by atoms with E-state index >= 15 is 0 Å². The first-order chi connectivity index (χ1) is 11.9. The van der Waals surface area contributed by atoms with Crippen LogP contribution in [0.1, 0.15) is 47.4 Å². The van der Waals surface area contributed by atoms with Crippen molar-refractivity contribution in [1.82, 2.24) is 5.32 Å². The summed E-state index contributed by atoms with van der Waals surface area (Å²) in [4.78, 5) is 12.3. The minimum atomic E-state index is -1.11. The van der Waals surface area contributed by atoms with Gasteiger partial charge >= 0.3 is 0 Å². The fourth-order valence-corrected chi connectivity index (χ4v) is 2.66. The molecule has 0 spiro atoms. The molecule has 1 aliphatic rings. The van der Waals surface area contributed by atoms with E-state index in [1.807, 2.05) is 18.2 Å². The Labute approximate surface area is 147 Å². The maximum Gasteiger partial charge on any atom is 0.287 e. The number of ether oxygens (including phenoxy) is 1. The van der Waals surface area contributed by atoms with E-state index in [4.69, 9.17) is 9.15 Å². The van der Waals surface area contributed by atoms with Crippen LogP contribution in [-0.4, -0.2) is 29.8 Å². The zero-order chi connectivity index (χ0) is 17.9. The van der Waals surface area contributed by atoms with E-state index in [9.17, 15) is 9.90 Å². The second kappa shape index (κ2) is 7.14. The number of benzene rings is 1. The van der Waals surface area contributed by atoms with Crippen molar-refractivity contribution in [3.63, 3.8) is 0 Å². The molecule has 2 heterocycles. The van der Waals surface area contributed by atoms with Gasteiger partial charge in [-0.05, 0) is 49.4 Å². The first-order valence-corrected chi connectivity index (χ1v) is 8.25. The van der Waals surface area contributed by atoms with Crippen molar-refractivity contribution in [2.24, 2.45) is 0 Å². The number of furan rings is 1. The number of hydrogen-bond donors (Lipinski definition) is 2. The highest BCUT2D eigenvalue weighted by molar-refractivity contribution is 5.91. The van der Waals surface area contributed by atoms with Crippen molar-refractivity contribution in [3.8, 4) is 11.8 Å². The Bertz CT molecular complexity index is 820. The van der Waals surface area contributed by atoms with Gasteiger partial charge in [0.1, 0.15) is 11.7 Å². The average molecular weight is 339 g/mol. The fraction of sp³-hybridized carbons (Fsp3) is 0.350. The van der Waals surface area contributed by atoms with E-state index in [0.717, 1.165) is 12.0 Å². The Morgan fingerprint density at radius 2 is 2.12 bits per heavy atom. The van der Waals surface area contributed by atoms with Crippen LogP contribution in [0.25, 0.3) is 0 Å². The molecule has 25 heavy (non-hydrogen) atoms. The second-order valence-corrected chi connectivity index (χ2v) is 6.49. The van der Waals surface area contributed by atoms with Gasteiger partial charge in [0.25, 0.3) is 5.91 Å². The van der Waals surface area contributed by atoms with Gasteiger partial charge in [0.15, 0.2) is 11.5 Å². The summed E-state index contributed by atoms with van der Waals surface area (Å²) in [6.07, 6.45) is 0.737. The van der Waals surface area contributed by atoms with Crippen molar-refractivity contribution < 1.29 is 19.1 Å². The van der Waals surface area contributed by atoms with Crippen LogP contribution in [0.2, 0.25) is 0 Å². The zero-order valence-electron chi connectivity index (χ0n) is 14.3. The molecule has 0 saturated heterocycles. The molecular weight excluding hydrogens is 318 g/mol. The molecular formula is C20H21NO4. The molecule has 130 valence electrons. The van der Waals surface area contributed by atoms with E-state index in [0.29, 0.717) is 18.9 Å². The summed E-state index contributed by atoms with van der Waals surface area (Å²) in [6.45, 7) is 4.19. The molecule has 1 aromatic heterocycles. The molecule has 3 rings (SSSR count). The molecule has 1 unspecified atom stereocenters. The van der Waals surface area contributed by atoms with Gasteiger partial charge in [-0.1, -0.05) is 30.2 Å². The predicted octanol–water partition coefficient (Wildman–Crippen LogP) is 2.45. The predicted molar refractivity (Wildman–Crippen MR) is 93.1 cm³/mol. The van der Waals surface area contributed by atoms with Crippen LogP contribution in [0.3, 0.4) is 0 Å². The number of fused-ring (bicyclic) bond motifs is 1.